The minimum atomic E-state index is -0.880. The first-order valence-corrected chi connectivity index (χ1v) is 12.5. The van der Waals surface area contributed by atoms with E-state index in [9.17, 15) is 14.0 Å². The molecule has 0 spiro atoms. The summed E-state index contributed by atoms with van der Waals surface area (Å²) in [4.78, 5) is 32.7. The maximum absolute atomic E-state index is 14.0. The first-order chi connectivity index (χ1) is 17.5. The average molecular weight is 484 g/mol. The summed E-state index contributed by atoms with van der Waals surface area (Å²) in [5.74, 6) is -0.848. The smallest absolute Gasteiger partial charge is 0.248 e. The van der Waals surface area contributed by atoms with Gasteiger partial charge in [0, 0.05) is 28.8 Å². The van der Waals surface area contributed by atoms with Gasteiger partial charge in [-0.15, -0.1) is 0 Å². The van der Waals surface area contributed by atoms with Crippen molar-refractivity contribution in [3.05, 3.63) is 102 Å². The molecule has 2 amide bonds. The van der Waals surface area contributed by atoms with Crippen LogP contribution in [0.3, 0.4) is 0 Å². The molecule has 1 heterocycles. The van der Waals surface area contributed by atoms with Gasteiger partial charge in [0.15, 0.2) is 0 Å². The quantitative estimate of drug-likeness (QED) is 0.339. The molecule has 0 bridgehead atoms. The molecule has 1 fully saturated rings. The molecular formula is C30H30FN3O2. The van der Waals surface area contributed by atoms with Gasteiger partial charge >= 0.3 is 0 Å². The number of hydrogen-bond acceptors (Lipinski definition) is 2. The van der Waals surface area contributed by atoms with Crippen LogP contribution in [-0.4, -0.2) is 22.8 Å². The van der Waals surface area contributed by atoms with Crippen LogP contribution in [0.15, 0.2) is 79.0 Å². The molecule has 1 aromatic heterocycles. The highest BCUT2D eigenvalue weighted by molar-refractivity contribution is 6.03. The standard InChI is InChI=1S/C30H30FN3O2/c1-20-8-2-5-11-25(20)29(30(36)33-23-9-3-4-10-23)34(24-16-14-22(31)15-17-24)28(35)18-21-19-32-27-13-7-6-12-26(21)27/h2,5-8,11-17,19,23,29,32H,3-4,9-10,18H2,1H3,(H,33,36)/t29-/m1/s1. The van der Waals surface area contributed by atoms with Crippen LogP contribution in [0.4, 0.5) is 10.1 Å². The Labute approximate surface area is 210 Å². The highest BCUT2D eigenvalue weighted by Gasteiger charge is 2.35. The number of hydrogen-bond donors (Lipinski definition) is 2. The fourth-order valence-electron chi connectivity index (χ4n) is 5.21. The summed E-state index contributed by atoms with van der Waals surface area (Å²) in [6.07, 6.45) is 5.98. The number of carbonyl (C=O) groups excluding carboxylic acids is 2. The molecule has 0 radical (unpaired) electrons. The van der Waals surface area contributed by atoms with Gasteiger partial charge in [0.05, 0.1) is 6.42 Å². The number of fused-ring (bicyclic) bond motifs is 1. The number of amides is 2. The number of benzene rings is 3. The Bertz CT molecular complexity index is 1370. The minimum Gasteiger partial charge on any atom is -0.361 e. The number of nitrogens with zero attached hydrogens (tertiary/aromatic N) is 1. The first-order valence-electron chi connectivity index (χ1n) is 12.5. The van der Waals surface area contributed by atoms with Crippen molar-refractivity contribution in [3.8, 4) is 0 Å². The van der Waals surface area contributed by atoms with E-state index in [4.69, 9.17) is 0 Å². The van der Waals surface area contributed by atoms with Crippen LogP contribution in [0.1, 0.15) is 48.4 Å². The number of aromatic amines is 1. The van der Waals surface area contributed by atoms with Crippen LogP contribution < -0.4 is 10.2 Å². The van der Waals surface area contributed by atoms with Gasteiger partial charge in [-0.25, -0.2) is 4.39 Å². The number of H-pyrrole nitrogens is 1. The molecule has 1 aliphatic carbocycles. The third kappa shape index (κ3) is 4.89. The first kappa shape index (κ1) is 23.8. The molecule has 0 aliphatic heterocycles. The number of rotatable bonds is 7. The second-order valence-corrected chi connectivity index (χ2v) is 9.53. The lowest BCUT2D eigenvalue weighted by atomic mass is 9.97. The molecule has 1 saturated carbocycles. The lowest BCUT2D eigenvalue weighted by Crippen LogP contribution is -2.47. The van der Waals surface area contributed by atoms with Crippen LogP contribution in [0.25, 0.3) is 10.9 Å². The van der Waals surface area contributed by atoms with Crippen molar-refractivity contribution >= 4 is 28.4 Å². The van der Waals surface area contributed by atoms with Crippen molar-refractivity contribution < 1.29 is 14.0 Å². The number of carbonyl (C=O) groups is 2. The highest BCUT2D eigenvalue weighted by Crippen LogP contribution is 2.32. The van der Waals surface area contributed by atoms with Crippen LogP contribution in [-0.2, 0) is 16.0 Å². The fraction of sp³-hybridized carbons (Fsp3) is 0.267. The van der Waals surface area contributed by atoms with E-state index in [0.29, 0.717) is 5.69 Å². The van der Waals surface area contributed by atoms with E-state index in [1.54, 1.807) is 12.1 Å². The highest BCUT2D eigenvalue weighted by atomic mass is 19.1. The normalized spacial score (nSPS) is 14.6. The molecule has 5 rings (SSSR count). The van der Waals surface area contributed by atoms with Gasteiger partial charge in [-0.05, 0) is 66.8 Å². The summed E-state index contributed by atoms with van der Waals surface area (Å²) < 4.78 is 13.9. The number of aromatic nitrogens is 1. The van der Waals surface area contributed by atoms with Crippen molar-refractivity contribution in [2.45, 2.75) is 51.1 Å². The second-order valence-electron chi connectivity index (χ2n) is 9.53. The maximum atomic E-state index is 14.0. The maximum Gasteiger partial charge on any atom is 0.248 e. The van der Waals surface area contributed by atoms with Crippen molar-refractivity contribution in [1.29, 1.82) is 0 Å². The lowest BCUT2D eigenvalue weighted by Gasteiger charge is -2.33. The van der Waals surface area contributed by atoms with Crippen molar-refractivity contribution in [3.63, 3.8) is 0 Å². The van der Waals surface area contributed by atoms with E-state index in [1.807, 2.05) is 61.7 Å². The van der Waals surface area contributed by atoms with Gasteiger partial charge in [0.2, 0.25) is 11.8 Å². The molecule has 184 valence electrons. The van der Waals surface area contributed by atoms with Gasteiger partial charge in [-0.1, -0.05) is 55.3 Å². The van der Waals surface area contributed by atoms with Gasteiger partial charge in [0.1, 0.15) is 11.9 Å². The fourth-order valence-corrected chi connectivity index (χ4v) is 5.21. The van der Waals surface area contributed by atoms with Crippen LogP contribution in [0.2, 0.25) is 0 Å². The summed E-state index contributed by atoms with van der Waals surface area (Å²) >= 11 is 0. The predicted octanol–water partition coefficient (Wildman–Crippen LogP) is 5.99. The van der Waals surface area contributed by atoms with E-state index < -0.39 is 11.9 Å². The zero-order valence-electron chi connectivity index (χ0n) is 20.3. The summed E-state index contributed by atoms with van der Waals surface area (Å²) in [6.45, 7) is 1.94. The van der Waals surface area contributed by atoms with Crippen molar-refractivity contribution in [2.24, 2.45) is 0 Å². The molecular weight excluding hydrogens is 453 g/mol. The molecule has 36 heavy (non-hydrogen) atoms. The van der Waals surface area contributed by atoms with E-state index in [1.165, 1.54) is 17.0 Å². The Morgan fingerprint density at radius 3 is 2.44 bits per heavy atom. The molecule has 0 saturated heterocycles. The lowest BCUT2D eigenvalue weighted by molar-refractivity contribution is -0.127. The van der Waals surface area contributed by atoms with Crippen molar-refractivity contribution in [1.82, 2.24) is 10.3 Å². The summed E-state index contributed by atoms with van der Waals surface area (Å²) in [7, 11) is 0. The van der Waals surface area contributed by atoms with Crippen molar-refractivity contribution in [2.75, 3.05) is 4.90 Å². The van der Waals surface area contributed by atoms with E-state index in [-0.39, 0.29) is 24.3 Å². The van der Waals surface area contributed by atoms with Gasteiger partial charge < -0.3 is 10.3 Å². The molecule has 0 unspecified atom stereocenters. The van der Waals surface area contributed by atoms with Gasteiger partial charge in [-0.2, -0.15) is 0 Å². The second kappa shape index (κ2) is 10.4. The Morgan fingerprint density at radius 1 is 1.00 bits per heavy atom. The van der Waals surface area contributed by atoms with Gasteiger partial charge in [0.25, 0.3) is 0 Å². The third-order valence-electron chi connectivity index (χ3n) is 7.08. The summed E-state index contributed by atoms with van der Waals surface area (Å²) in [6, 6.07) is 20.5. The summed E-state index contributed by atoms with van der Waals surface area (Å²) in [5, 5.41) is 4.16. The largest absolute Gasteiger partial charge is 0.361 e. The van der Waals surface area contributed by atoms with E-state index in [2.05, 4.69) is 10.3 Å². The number of anilines is 1. The molecule has 5 nitrogen and oxygen atoms in total. The van der Waals surface area contributed by atoms with Crippen LogP contribution in [0, 0.1) is 12.7 Å². The number of nitrogens with one attached hydrogen (secondary N) is 2. The average Bonchev–Trinajstić information content (AvgIpc) is 3.54. The predicted molar refractivity (Wildman–Crippen MR) is 140 cm³/mol. The molecule has 2 N–H and O–H groups in total. The SMILES string of the molecule is Cc1ccccc1[C@H](C(=O)NC1CCCC1)N(C(=O)Cc1c[nH]c2ccccc12)c1ccc(F)cc1. The Hall–Kier alpha value is -3.93. The molecule has 6 heteroatoms. The number of halogens is 1. The topological polar surface area (TPSA) is 65.2 Å². The Balaban J connectivity index is 1.58. The van der Waals surface area contributed by atoms with Gasteiger partial charge in [-0.3, -0.25) is 14.5 Å². The molecule has 1 aliphatic rings. The Kier molecular flexibility index (Phi) is 6.85. The van der Waals surface area contributed by atoms with Crippen LogP contribution >= 0.6 is 0 Å². The molecule has 4 aromatic rings. The minimum absolute atomic E-state index is 0.0977. The zero-order valence-corrected chi connectivity index (χ0v) is 20.3. The number of aryl methyl sites for hydroxylation is 1. The number of para-hydroxylation sites is 1. The third-order valence-corrected chi connectivity index (χ3v) is 7.08. The van der Waals surface area contributed by atoms with Crippen LogP contribution in [0.5, 0.6) is 0 Å². The molecule has 1 atom stereocenters. The monoisotopic (exact) mass is 483 g/mol. The van der Waals surface area contributed by atoms with E-state index in [0.717, 1.165) is 53.3 Å². The summed E-state index contributed by atoms with van der Waals surface area (Å²) in [5.41, 5.74) is 3.95. The zero-order chi connectivity index (χ0) is 25.1. The Morgan fingerprint density at radius 2 is 1.69 bits per heavy atom. The molecule has 3 aromatic carbocycles. The van der Waals surface area contributed by atoms with E-state index >= 15 is 0 Å².